The molecule has 0 aliphatic carbocycles. The zero-order chi connectivity index (χ0) is 16.7. The minimum Gasteiger partial charge on any atom is -0.507 e. The lowest BCUT2D eigenvalue weighted by atomic mass is 10.1. The van der Waals surface area contributed by atoms with Crippen molar-refractivity contribution in [1.82, 2.24) is 20.3 Å². The number of nitrogens with one attached hydrogen (secondary N) is 2. The normalized spacial score (nSPS) is 13.5. The minimum atomic E-state index is -0.600. The number of benzene rings is 1. The molecule has 1 aliphatic rings. The van der Waals surface area contributed by atoms with Crippen LogP contribution in [0.15, 0.2) is 36.5 Å². The second kappa shape index (κ2) is 5.45. The fourth-order valence-corrected chi connectivity index (χ4v) is 2.79. The Morgan fingerprint density at radius 3 is 2.92 bits per heavy atom. The van der Waals surface area contributed by atoms with Gasteiger partial charge in [0, 0.05) is 24.9 Å². The van der Waals surface area contributed by atoms with Gasteiger partial charge in [0.15, 0.2) is 5.82 Å². The van der Waals surface area contributed by atoms with Crippen LogP contribution < -0.4 is 5.32 Å². The molecule has 0 bridgehead atoms. The Morgan fingerprint density at radius 1 is 1.25 bits per heavy atom. The predicted octanol–water partition coefficient (Wildman–Crippen LogP) is 2.27. The second-order valence-electron chi connectivity index (χ2n) is 5.48. The van der Waals surface area contributed by atoms with Crippen LogP contribution in [-0.2, 0) is 6.42 Å². The van der Waals surface area contributed by atoms with Gasteiger partial charge in [0.05, 0.1) is 22.5 Å². The van der Waals surface area contributed by atoms with Gasteiger partial charge in [-0.05, 0) is 24.3 Å². The van der Waals surface area contributed by atoms with Crippen LogP contribution in [-0.4, -0.2) is 32.5 Å². The molecule has 0 atom stereocenters. The van der Waals surface area contributed by atoms with Gasteiger partial charge in [-0.25, -0.2) is 14.4 Å². The lowest BCUT2D eigenvalue weighted by molar-refractivity contribution is 0.0946. The molecule has 0 saturated heterocycles. The number of fused-ring (bicyclic) bond motifs is 1. The summed E-state index contributed by atoms with van der Waals surface area (Å²) >= 11 is 0. The molecule has 0 saturated carbocycles. The summed E-state index contributed by atoms with van der Waals surface area (Å²) in [7, 11) is 0. The maximum Gasteiger partial charge on any atom is 0.253 e. The van der Waals surface area contributed by atoms with E-state index >= 15 is 0 Å². The highest BCUT2D eigenvalue weighted by Crippen LogP contribution is 2.30. The van der Waals surface area contributed by atoms with Crippen molar-refractivity contribution >= 4 is 5.91 Å². The predicted molar refractivity (Wildman–Crippen MR) is 84.9 cm³/mol. The van der Waals surface area contributed by atoms with Gasteiger partial charge in [-0.2, -0.15) is 0 Å². The summed E-state index contributed by atoms with van der Waals surface area (Å²) in [5.41, 5.74) is 2.56. The van der Waals surface area contributed by atoms with Crippen LogP contribution in [0.4, 0.5) is 4.39 Å². The molecule has 120 valence electrons. The number of aromatic hydroxyl groups is 1. The molecule has 0 spiro atoms. The van der Waals surface area contributed by atoms with Crippen molar-refractivity contribution in [3.63, 3.8) is 0 Å². The number of aromatic nitrogens is 3. The van der Waals surface area contributed by atoms with Crippen molar-refractivity contribution in [3.05, 3.63) is 53.6 Å². The molecule has 6 nitrogen and oxygen atoms in total. The van der Waals surface area contributed by atoms with Crippen LogP contribution in [0, 0.1) is 5.82 Å². The maximum absolute atomic E-state index is 14.0. The van der Waals surface area contributed by atoms with E-state index in [9.17, 15) is 14.3 Å². The molecule has 0 fully saturated rings. The van der Waals surface area contributed by atoms with Crippen LogP contribution in [0.2, 0.25) is 0 Å². The van der Waals surface area contributed by atoms with Crippen molar-refractivity contribution in [1.29, 1.82) is 0 Å². The van der Waals surface area contributed by atoms with Crippen molar-refractivity contribution < 1.29 is 14.3 Å². The van der Waals surface area contributed by atoms with Crippen molar-refractivity contribution in [2.75, 3.05) is 6.54 Å². The first kappa shape index (κ1) is 14.4. The van der Waals surface area contributed by atoms with E-state index in [0.717, 1.165) is 5.69 Å². The number of phenolic OH excluding ortho intramolecular Hbond substituents is 1. The monoisotopic (exact) mass is 324 g/mol. The Bertz CT molecular complexity index is 931. The summed E-state index contributed by atoms with van der Waals surface area (Å²) in [5, 5.41) is 12.7. The largest absolute Gasteiger partial charge is 0.507 e. The number of phenols is 1. The summed E-state index contributed by atoms with van der Waals surface area (Å²) in [6.07, 6.45) is 2.20. The highest BCUT2D eigenvalue weighted by atomic mass is 19.1. The Kier molecular flexibility index (Phi) is 3.26. The topological polar surface area (TPSA) is 90.9 Å². The zero-order valence-corrected chi connectivity index (χ0v) is 12.5. The van der Waals surface area contributed by atoms with Gasteiger partial charge >= 0.3 is 0 Å². The molecule has 0 unspecified atom stereocenters. The molecule has 0 radical (unpaired) electrons. The van der Waals surface area contributed by atoms with E-state index in [1.54, 1.807) is 12.1 Å². The van der Waals surface area contributed by atoms with Gasteiger partial charge in [-0.1, -0.05) is 6.07 Å². The average Bonchev–Trinajstić information content (AvgIpc) is 3.01. The third-order valence-corrected chi connectivity index (χ3v) is 3.95. The van der Waals surface area contributed by atoms with E-state index in [0.29, 0.717) is 29.9 Å². The first-order chi connectivity index (χ1) is 11.6. The number of aromatic amines is 1. The third-order valence-electron chi connectivity index (χ3n) is 3.95. The Morgan fingerprint density at radius 2 is 2.12 bits per heavy atom. The van der Waals surface area contributed by atoms with E-state index in [4.69, 9.17) is 0 Å². The fourth-order valence-electron chi connectivity index (χ4n) is 2.79. The van der Waals surface area contributed by atoms with E-state index in [2.05, 4.69) is 20.3 Å². The van der Waals surface area contributed by atoms with E-state index < -0.39 is 5.82 Å². The quantitative estimate of drug-likeness (QED) is 0.674. The lowest BCUT2D eigenvalue weighted by Crippen LogP contribution is -2.31. The minimum absolute atomic E-state index is 0.0478. The van der Waals surface area contributed by atoms with Crippen LogP contribution in [0.3, 0.4) is 0 Å². The molecule has 3 aromatic rings. The molecule has 7 heteroatoms. The van der Waals surface area contributed by atoms with Gasteiger partial charge < -0.3 is 15.4 Å². The van der Waals surface area contributed by atoms with E-state index in [1.807, 2.05) is 0 Å². The standard InChI is InChI=1S/C17H13FN4O2/c18-10-2-1-3-14(23)15(10)16-19-6-5-12(22-16)13-8-9-11(21-13)4-7-20-17(9)24/h1-3,5-6,8,21,23H,4,7H2,(H,20,24). The van der Waals surface area contributed by atoms with Crippen molar-refractivity contribution in [3.8, 4) is 28.5 Å². The van der Waals surface area contributed by atoms with Crippen molar-refractivity contribution in [2.45, 2.75) is 6.42 Å². The zero-order valence-electron chi connectivity index (χ0n) is 12.5. The van der Waals surface area contributed by atoms with Crippen LogP contribution in [0.5, 0.6) is 5.75 Å². The highest BCUT2D eigenvalue weighted by Gasteiger charge is 2.21. The molecule has 4 rings (SSSR count). The van der Waals surface area contributed by atoms with Crippen LogP contribution in [0.1, 0.15) is 16.1 Å². The molecule has 1 aliphatic heterocycles. The van der Waals surface area contributed by atoms with Gasteiger partial charge in [0.25, 0.3) is 5.91 Å². The third kappa shape index (κ3) is 2.30. The molecule has 1 amide bonds. The van der Waals surface area contributed by atoms with E-state index in [-0.39, 0.29) is 23.0 Å². The molecule has 1 aromatic carbocycles. The molecule has 3 heterocycles. The first-order valence-electron chi connectivity index (χ1n) is 7.45. The highest BCUT2D eigenvalue weighted by molar-refractivity contribution is 5.97. The Hall–Kier alpha value is -3.22. The number of nitrogens with zero attached hydrogens (tertiary/aromatic N) is 2. The summed E-state index contributed by atoms with van der Waals surface area (Å²) < 4.78 is 14.0. The van der Waals surface area contributed by atoms with Gasteiger partial charge in [-0.15, -0.1) is 0 Å². The van der Waals surface area contributed by atoms with Gasteiger partial charge in [0.2, 0.25) is 0 Å². The van der Waals surface area contributed by atoms with Gasteiger partial charge in [0.1, 0.15) is 11.6 Å². The molecule has 24 heavy (non-hydrogen) atoms. The number of amides is 1. The summed E-state index contributed by atoms with van der Waals surface area (Å²) in [5.74, 6) is -0.866. The van der Waals surface area contributed by atoms with E-state index in [1.165, 1.54) is 24.4 Å². The number of hydrogen-bond donors (Lipinski definition) is 3. The Labute approximate surface area is 136 Å². The summed E-state index contributed by atoms with van der Waals surface area (Å²) in [4.78, 5) is 23.4. The van der Waals surface area contributed by atoms with Crippen LogP contribution in [0.25, 0.3) is 22.8 Å². The number of H-pyrrole nitrogens is 1. The van der Waals surface area contributed by atoms with Gasteiger partial charge in [-0.3, -0.25) is 4.79 Å². The first-order valence-corrected chi connectivity index (χ1v) is 7.45. The molecular weight excluding hydrogens is 311 g/mol. The second-order valence-corrected chi connectivity index (χ2v) is 5.48. The molecule has 2 aromatic heterocycles. The molecular formula is C17H13FN4O2. The molecule has 3 N–H and O–H groups in total. The number of hydrogen-bond acceptors (Lipinski definition) is 4. The van der Waals surface area contributed by atoms with Crippen LogP contribution >= 0.6 is 0 Å². The SMILES string of the molecule is O=C1NCCc2[nH]c(-c3ccnc(-c4c(O)cccc4F)n3)cc21. The maximum atomic E-state index is 14.0. The number of halogens is 1. The average molecular weight is 324 g/mol. The number of carbonyl (C=O) groups is 1. The Balaban J connectivity index is 1.80. The number of carbonyl (C=O) groups excluding carboxylic acids is 1. The summed E-state index contributed by atoms with van der Waals surface area (Å²) in [6.45, 7) is 0.587. The number of rotatable bonds is 2. The van der Waals surface area contributed by atoms with Crippen molar-refractivity contribution in [2.24, 2.45) is 0 Å². The fraction of sp³-hybridized carbons (Fsp3) is 0.118. The smallest absolute Gasteiger partial charge is 0.253 e. The summed E-state index contributed by atoms with van der Waals surface area (Å²) in [6, 6.07) is 7.41. The lowest BCUT2D eigenvalue weighted by Gasteiger charge is -2.10.